The van der Waals surface area contributed by atoms with Crippen molar-refractivity contribution in [3.8, 4) is 0 Å². The van der Waals surface area contributed by atoms with Gasteiger partial charge in [0.15, 0.2) is 5.92 Å². The number of hydrogen-bond donors (Lipinski definition) is 2. The van der Waals surface area contributed by atoms with E-state index in [1.54, 1.807) is 0 Å². The molecular weight excluding hydrogens is 222 g/mol. The molecule has 16 heavy (non-hydrogen) atoms. The van der Waals surface area contributed by atoms with Gasteiger partial charge in [-0.05, 0) is 12.1 Å². The summed E-state index contributed by atoms with van der Waals surface area (Å²) in [6.07, 6.45) is -0.719. The van der Waals surface area contributed by atoms with Crippen molar-refractivity contribution in [1.82, 2.24) is 0 Å². The van der Waals surface area contributed by atoms with Crippen LogP contribution in [0, 0.1) is 17.6 Å². The Morgan fingerprint density at radius 2 is 1.56 bits per heavy atom. The molecule has 0 heterocycles. The van der Waals surface area contributed by atoms with Gasteiger partial charge in [0.25, 0.3) is 0 Å². The van der Waals surface area contributed by atoms with Crippen molar-refractivity contribution in [2.45, 2.75) is 6.42 Å². The van der Waals surface area contributed by atoms with Crippen LogP contribution in [0.1, 0.15) is 5.56 Å². The summed E-state index contributed by atoms with van der Waals surface area (Å²) in [5.41, 5.74) is -0.530. The number of carbonyl (C=O) groups is 2. The molecule has 0 spiro atoms. The Bertz CT molecular complexity index is 397. The summed E-state index contributed by atoms with van der Waals surface area (Å²) >= 11 is 0. The van der Waals surface area contributed by atoms with E-state index < -0.39 is 41.5 Å². The zero-order chi connectivity index (χ0) is 12.3. The zero-order valence-corrected chi connectivity index (χ0v) is 7.98. The maximum absolute atomic E-state index is 13.1. The maximum atomic E-state index is 13.1. The summed E-state index contributed by atoms with van der Waals surface area (Å²) in [4.78, 5) is 21.1. The first kappa shape index (κ1) is 12.1. The third kappa shape index (κ3) is 2.53. The van der Waals surface area contributed by atoms with Gasteiger partial charge in [-0.15, -0.1) is 0 Å². The van der Waals surface area contributed by atoms with Gasteiger partial charge in [0.05, 0.1) is 0 Å². The summed E-state index contributed by atoms with van der Waals surface area (Å²) in [5, 5.41) is 17.1. The lowest BCUT2D eigenvalue weighted by Crippen LogP contribution is -2.26. The summed E-state index contributed by atoms with van der Waals surface area (Å²) in [7, 11) is 0. The quantitative estimate of drug-likeness (QED) is 0.764. The van der Waals surface area contributed by atoms with Crippen LogP contribution in [-0.2, 0) is 16.0 Å². The van der Waals surface area contributed by atoms with Crippen LogP contribution >= 0.6 is 0 Å². The number of carboxylic acid groups (broad SMARTS) is 2. The van der Waals surface area contributed by atoms with Gasteiger partial charge in [-0.1, -0.05) is 6.07 Å². The van der Waals surface area contributed by atoms with Crippen molar-refractivity contribution in [3.63, 3.8) is 0 Å². The molecule has 0 atom stereocenters. The molecule has 0 unspecified atom stereocenters. The third-order valence-electron chi connectivity index (χ3n) is 2.07. The van der Waals surface area contributed by atoms with Gasteiger partial charge in [-0.3, -0.25) is 9.59 Å². The van der Waals surface area contributed by atoms with Crippen LogP contribution in [0.3, 0.4) is 0 Å². The Kier molecular flexibility index (Phi) is 3.55. The highest BCUT2D eigenvalue weighted by Gasteiger charge is 2.28. The van der Waals surface area contributed by atoms with E-state index in [4.69, 9.17) is 10.2 Å². The van der Waals surface area contributed by atoms with Gasteiger partial charge >= 0.3 is 11.9 Å². The van der Waals surface area contributed by atoms with Crippen LogP contribution in [0.4, 0.5) is 8.78 Å². The van der Waals surface area contributed by atoms with Crippen LogP contribution < -0.4 is 0 Å². The van der Waals surface area contributed by atoms with Gasteiger partial charge in [0, 0.05) is 12.0 Å². The number of carboxylic acids is 2. The van der Waals surface area contributed by atoms with E-state index in [1.165, 1.54) is 0 Å². The smallest absolute Gasteiger partial charge is 0.318 e. The monoisotopic (exact) mass is 230 g/mol. The first-order valence-electron chi connectivity index (χ1n) is 4.32. The van der Waals surface area contributed by atoms with Crippen molar-refractivity contribution in [2.24, 2.45) is 5.92 Å². The van der Waals surface area contributed by atoms with Gasteiger partial charge < -0.3 is 10.2 Å². The molecule has 2 N–H and O–H groups in total. The lowest BCUT2D eigenvalue weighted by atomic mass is 9.99. The molecule has 1 rings (SSSR count). The Morgan fingerprint density at radius 3 is 1.94 bits per heavy atom. The van der Waals surface area contributed by atoms with Crippen LogP contribution in [0.15, 0.2) is 18.2 Å². The summed E-state index contributed by atoms with van der Waals surface area (Å²) in [5.74, 6) is -7.02. The Morgan fingerprint density at radius 1 is 1.12 bits per heavy atom. The fourth-order valence-electron chi connectivity index (χ4n) is 1.21. The molecule has 0 saturated carbocycles. The molecule has 4 nitrogen and oxygen atoms in total. The average molecular weight is 230 g/mol. The van der Waals surface area contributed by atoms with Crippen molar-refractivity contribution in [3.05, 3.63) is 35.4 Å². The second-order valence-corrected chi connectivity index (χ2v) is 3.13. The van der Waals surface area contributed by atoms with E-state index >= 15 is 0 Å². The largest absolute Gasteiger partial charge is 0.481 e. The molecule has 1 aromatic rings. The van der Waals surface area contributed by atoms with Crippen molar-refractivity contribution in [1.29, 1.82) is 0 Å². The Labute approximate surface area is 89.1 Å². The molecule has 0 aliphatic carbocycles. The summed E-state index contributed by atoms with van der Waals surface area (Å²) in [6, 6.07) is 3.00. The van der Waals surface area contributed by atoms with Crippen molar-refractivity contribution in [2.75, 3.05) is 0 Å². The predicted molar refractivity (Wildman–Crippen MR) is 48.8 cm³/mol. The molecule has 0 amide bonds. The van der Waals surface area contributed by atoms with Crippen molar-refractivity contribution < 1.29 is 28.6 Å². The Balaban J connectivity index is 3.03. The number of benzene rings is 1. The van der Waals surface area contributed by atoms with E-state index in [-0.39, 0.29) is 0 Å². The number of hydrogen-bond acceptors (Lipinski definition) is 2. The molecule has 0 saturated heterocycles. The molecule has 0 bridgehead atoms. The van der Waals surface area contributed by atoms with Crippen LogP contribution in [-0.4, -0.2) is 22.2 Å². The second kappa shape index (κ2) is 4.69. The average Bonchev–Trinajstić information content (AvgIpc) is 2.15. The molecular formula is C10H8F2O4. The minimum atomic E-state index is -1.86. The first-order valence-corrected chi connectivity index (χ1v) is 4.32. The van der Waals surface area contributed by atoms with E-state index in [2.05, 4.69) is 0 Å². The SMILES string of the molecule is O=C(O)C(Cc1c(F)cccc1F)C(=O)O. The van der Waals surface area contributed by atoms with Crippen LogP contribution in [0.25, 0.3) is 0 Å². The standard InChI is InChI=1S/C10H8F2O4/c11-7-2-1-3-8(12)5(7)4-6(9(13)14)10(15)16/h1-3,6H,4H2,(H,13,14)(H,15,16). The van der Waals surface area contributed by atoms with Gasteiger partial charge in [-0.25, -0.2) is 8.78 Å². The molecule has 6 heteroatoms. The highest BCUT2D eigenvalue weighted by atomic mass is 19.1. The summed E-state index contributed by atoms with van der Waals surface area (Å²) in [6.45, 7) is 0. The molecule has 1 aromatic carbocycles. The molecule has 86 valence electrons. The Hall–Kier alpha value is -1.98. The molecule has 0 aliphatic rings. The highest BCUT2D eigenvalue weighted by molar-refractivity contribution is 5.93. The minimum absolute atomic E-state index is 0.530. The van der Waals surface area contributed by atoms with E-state index in [0.29, 0.717) is 0 Å². The normalized spacial score (nSPS) is 10.4. The van der Waals surface area contributed by atoms with E-state index in [0.717, 1.165) is 18.2 Å². The van der Waals surface area contributed by atoms with Crippen LogP contribution in [0.2, 0.25) is 0 Å². The van der Waals surface area contributed by atoms with Crippen LogP contribution in [0.5, 0.6) is 0 Å². The number of rotatable bonds is 4. The molecule has 0 radical (unpaired) electrons. The van der Waals surface area contributed by atoms with Gasteiger partial charge in [0.2, 0.25) is 0 Å². The van der Waals surface area contributed by atoms with Crippen molar-refractivity contribution >= 4 is 11.9 Å². The van der Waals surface area contributed by atoms with E-state index in [9.17, 15) is 18.4 Å². The second-order valence-electron chi connectivity index (χ2n) is 3.13. The number of aliphatic carboxylic acids is 2. The van der Waals surface area contributed by atoms with Gasteiger partial charge in [-0.2, -0.15) is 0 Å². The molecule has 0 fully saturated rings. The number of halogens is 2. The topological polar surface area (TPSA) is 74.6 Å². The summed E-state index contributed by atoms with van der Waals surface area (Å²) < 4.78 is 26.2. The lowest BCUT2D eigenvalue weighted by Gasteiger charge is -2.08. The fourth-order valence-corrected chi connectivity index (χ4v) is 1.21. The van der Waals surface area contributed by atoms with Gasteiger partial charge in [0.1, 0.15) is 11.6 Å². The first-order chi connectivity index (χ1) is 7.43. The minimum Gasteiger partial charge on any atom is -0.481 e. The zero-order valence-electron chi connectivity index (χ0n) is 7.98. The fraction of sp³-hybridized carbons (Fsp3) is 0.200. The van der Waals surface area contributed by atoms with E-state index in [1.807, 2.05) is 0 Å². The third-order valence-corrected chi connectivity index (χ3v) is 2.07. The maximum Gasteiger partial charge on any atom is 0.318 e. The molecule has 0 aromatic heterocycles. The highest BCUT2D eigenvalue weighted by Crippen LogP contribution is 2.17. The molecule has 0 aliphatic heterocycles. The lowest BCUT2D eigenvalue weighted by molar-refractivity contribution is -0.154. The predicted octanol–water partition coefficient (Wildman–Crippen LogP) is 1.29.